The normalized spacial score (nSPS) is 11.3. The Balaban J connectivity index is 1.78. The first-order valence-corrected chi connectivity index (χ1v) is 7.71. The molecular formula is C16H14FN7O. The quantitative estimate of drug-likeness (QED) is 0.610. The third kappa shape index (κ3) is 2.59. The van der Waals surface area contributed by atoms with E-state index in [1.807, 2.05) is 6.92 Å². The Morgan fingerprint density at radius 3 is 2.88 bits per heavy atom. The lowest BCUT2D eigenvalue weighted by Crippen LogP contribution is -2.09. The van der Waals surface area contributed by atoms with Crippen LogP contribution in [0.4, 0.5) is 4.39 Å². The highest BCUT2D eigenvalue weighted by Gasteiger charge is 2.16. The molecule has 4 heterocycles. The summed E-state index contributed by atoms with van der Waals surface area (Å²) in [7, 11) is 0. The molecule has 4 rings (SSSR count). The molecule has 0 radical (unpaired) electrons. The molecule has 4 aromatic rings. The second kappa shape index (κ2) is 5.93. The Hall–Kier alpha value is -3.36. The first kappa shape index (κ1) is 15.2. The van der Waals surface area contributed by atoms with Crippen molar-refractivity contribution in [1.29, 1.82) is 0 Å². The molecule has 0 amide bonds. The third-order valence-electron chi connectivity index (χ3n) is 3.92. The Morgan fingerprint density at radius 2 is 2.08 bits per heavy atom. The molecule has 0 aliphatic rings. The molecule has 0 unspecified atom stereocenters. The molecule has 0 saturated heterocycles. The van der Waals surface area contributed by atoms with E-state index in [1.54, 1.807) is 17.0 Å². The van der Waals surface area contributed by atoms with Crippen molar-refractivity contribution in [2.24, 2.45) is 0 Å². The Labute approximate surface area is 141 Å². The zero-order valence-electron chi connectivity index (χ0n) is 13.3. The van der Waals surface area contributed by atoms with Gasteiger partial charge in [-0.05, 0) is 18.6 Å². The SMILES string of the molecule is CCc1c(Cn2ccnc2-c2ncccc2F)ncn2nc(O)nc12. The summed E-state index contributed by atoms with van der Waals surface area (Å²) in [6.07, 6.45) is 7.02. The molecule has 0 spiro atoms. The van der Waals surface area contributed by atoms with Gasteiger partial charge in [0.05, 0.1) is 12.2 Å². The minimum absolute atomic E-state index is 0.187. The van der Waals surface area contributed by atoms with Gasteiger partial charge in [0.2, 0.25) is 0 Å². The summed E-state index contributed by atoms with van der Waals surface area (Å²) in [6.45, 7) is 2.35. The highest BCUT2D eigenvalue weighted by atomic mass is 19.1. The van der Waals surface area contributed by atoms with Crippen LogP contribution in [-0.4, -0.2) is 39.2 Å². The van der Waals surface area contributed by atoms with Crippen LogP contribution in [0, 0.1) is 5.82 Å². The van der Waals surface area contributed by atoms with Crippen LogP contribution in [0.5, 0.6) is 6.01 Å². The number of halogens is 1. The summed E-state index contributed by atoms with van der Waals surface area (Å²) in [5.41, 5.74) is 2.34. The lowest BCUT2D eigenvalue weighted by molar-refractivity contribution is 0.431. The standard InChI is InChI=1S/C16H14FN7O/c1-2-10-12(20-9-24-14(10)21-16(25)22-24)8-23-7-6-19-15(23)13-11(17)4-3-5-18-13/h3-7,9H,2,8H2,1H3,(H,22,25). The molecule has 25 heavy (non-hydrogen) atoms. The maximum absolute atomic E-state index is 14.0. The zero-order chi connectivity index (χ0) is 17.4. The van der Waals surface area contributed by atoms with Crippen molar-refractivity contribution in [3.8, 4) is 17.5 Å². The van der Waals surface area contributed by atoms with Crippen LogP contribution in [0.1, 0.15) is 18.2 Å². The Bertz CT molecular complexity index is 1060. The third-order valence-corrected chi connectivity index (χ3v) is 3.92. The summed E-state index contributed by atoms with van der Waals surface area (Å²) in [6, 6.07) is 2.59. The smallest absolute Gasteiger partial charge is 0.333 e. The summed E-state index contributed by atoms with van der Waals surface area (Å²) in [4.78, 5) is 16.8. The van der Waals surface area contributed by atoms with E-state index in [2.05, 4.69) is 25.0 Å². The predicted molar refractivity (Wildman–Crippen MR) is 86.3 cm³/mol. The molecule has 9 heteroatoms. The number of pyridine rings is 1. The number of aryl methyl sites for hydroxylation is 1. The molecular weight excluding hydrogens is 325 g/mol. The van der Waals surface area contributed by atoms with E-state index in [0.717, 1.165) is 11.3 Å². The second-order valence-electron chi connectivity index (χ2n) is 5.42. The fourth-order valence-corrected chi connectivity index (χ4v) is 2.79. The van der Waals surface area contributed by atoms with Crippen molar-refractivity contribution in [3.63, 3.8) is 0 Å². The average Bonchev–Trinajstić information content (AvgIpc) is 3.21. The van der Waals surface area contributed by atoms with Gasteiger partial charge in [0.15, 0.2) is 17.3 Å². The average molecular weight is 339 g/mol. The highest BCUT2D eigenvalue weighted by Crippen LogP contribution is 2.21. The summed E-state index contributed by atoms with van der Waals surface area (Å²) in [5.74, 6) is -0.0115. The predicted octanol–water partition coefficient (Wildman–Crippen LogP) is 1.84. The number of nitrogens with zero attached hydrogens (tertiary/aromatic N) is 7. The summed E-state index contributed by atoms with van der Waals surface area (Å²) >= 11 is 0. The number of hydrogen-bond acceptors (Lipinski definition) is 6. The van der Waals surface area contributed by atoms with Crippen LogP contribution in [-0.2, 0) is 13.0 Å². The minimum Gasteiger partial charge on any atom is -0.478 e. The van der Waals surface area contributed by atoms with Gasteiger partial charge in [-0.1, -0.05) is 6.92 Å². The van der Waals surface area contributed by atoms with Crippen molar-refractivity contribution < 1.29 is 9.50 Å². The summed E-state index contributed by atoms with van der Waals surface area (Å²) in [5, 5.41) is 13.4. The number of hydrogen-bond donors (Lipinski definition) is 1. The van der Waals surface area contributed by atoms with E-state index in [9.17, 15) is 9.50 Å². The molecule has 4 aromatic heterocycles. The molecule has 0 fully saturated rings. The zero-order valence-corrected chi connectivity index (χ0v) is 13.3. The van der Waals surface area contributed by atoms with Crippen LogP contribution < -0.4 is 0 Å². The maximum Gasteiger partial charge on any atom is 0.333 e. The number of aromatic nitrogens is 7. The van der Waals surface area contributed by atoms with E-state index in [0.29, 0.717) is 24.4 Å². The van der Waals surface area contributed by atoms with E-state index in [4.69, 9.17) is 0 Å². The Morgan fingerprint density at radius 1 is 1.20 bits per heavy atom. The van der Waals surface area contributed by atoms with Crippen LogP contribution in [0.2, 0.25) is 0 Å². The van der Waals surface area contributed by atoms with E-state index >= 15 is 0 Å². The second-order valence-corrected chi connectivity index (χ2v) is 5.42. The maximum atomic E-state index is 14.0. The molecule has 0 saturated carbocycles. The minimum atomic E-state index is -0.434. The number of rotatable bonds is 4. The molecule has 0 bridgehead atoms. The fourth-order valence-electron chi connectivity index (χ4n) is 2.79. The van der Waals surface area contributed by atoms with Crippen molar-refractivity contribution >= 4 is 5.65 Å². The van der Waals surface area contributed by atoms with Gasteiger partial charge in [-0.3, -0.25) is 0 Å². The number of fused-ring (bicyclic) bond motifs is 1. The van der Waals surface area contributed by atoms with Crippen molar-refractivity contribution in [3.05, 3.63) is 54.1 Å². The van der Waals surface area contributed by atoms with Crippen LogP contribution in [0.15, 0.2) is 37.1 Å². The van der Waals surface area contributed by atoms with Crippen molar-refractivity contribution in [1.82, 2.24) is 34.1 Å². The van der Waals surface area contributed by atoms with Gasteiger partial charge >= 0.3 is 6.01 Å². The van der Waals surface area contributed by atoms with Crippen molar-refractivity contribution in [2.75, 3.05) is 0 Å². The van der Waals surface area contributed by atoms with Gasteiger partial charge in [-0.25, -0.2) is 19.3 Å². The van der Waals surface area contributed by atoms with Crippen LogP contribution in [0.3, 0.4) is 0 Å². The van der Waals surface area contributed by atoms with Gasteiger partial charge < -0.3 is 9.67 Å². The van der Waals surface area contributed by atoms with E-state index < -0.39 is 5.82 Å². The molecule has 0 aliphatic heterocycles. The van der Waals surface area contributed by atoms with Crippen LogP contribution in [0.25, 0.3) is 17.2 Å². The molecule has 0 atom stereocenters. The topological polar surface area (TPSA) is 94.0 Å². The van der Waals surface area contributed by atoms with Crippen LogP contribution >= 0.6 is 0 Å². The molecule has 8 nitrogen and oxygen atoms in total. The molecule has 126 valence electrons. The van der Waals surface area contributed by atoms with E-state index in [-0.39, 0.29) is 11.7 Å². The monoisotopic (exact) mass is 339 g/mol. The lowest BCUT2D eigenvalue weighted by atomic mass is 10.1. The molecule has 0 aromatic carbocycles. The largest absolute Gasteiger partial charge is 0.478 e. The lowest BCUT2D eigenvalue weighted by Gasteiger charge is -2.11. The van der Waals surface area contributed by atoms with Gasteiger partial charge in [-0.2, -0.15) is 9.50 Å². The van der Waals surface area contributed by atoms with Gasteiger partial charge in [0, 0.05) is 24.2 Å². The molecule has 0 aliphatic carbocycles. The molecule has 1 N–H and O–H groups in total. The summed E-state index contributed by atoms with van der Waals surface area (Å²) < 4.78 is 17.3. The fraction of sp³-hybridized carbons (Fsp3) is 0.188. The first-order chi connectivity index (χ1) is 12.2. The van der Waals surface area contributed by atoms with Gasteiger partial charge in [0.25, 0.3) is 0 Å². The van der Waals surface area contributed by atoms with E-state index in [1.165, 1.54) is 29.2 Å². The van der Waals surface area contributed by atoms with Gasteiger partial charge in [-0.15, -0.1) is 5.10 Å². The number of imidazole rings is 1. The number of aromatic hydroxyl groups is 1. The highest BCUT2D eigenvalue weighted by molar-refractivity contribution is 5.52. The Kier molecular flexibility index (Phi) is 3.60. The van der Waals surface area contributed by atoms with Crippen molar-refractivity contribution in [2.45, 2.75) is 19.9 Å². The van der Waals surface area contributed by atoms with Gasteiger partial charge in [0.1, 0.15) is 12.0 Å². The first-order valence-electron chi connectivity index (χ1n) is 7.71.